The zero-order chi connectivity index (χ0) is 6.41. The molecule has 0 fully saturated rings. The predicted molar refractivity (Wildman–Crippen MR) is 29.1 cm³/mol. The van der Waals surface area contributed by atoms with Crippen LogP contribution in [0.4, 0.5) is 0 Å². The van der Waals surface area contributed by atoms with Gasteiger partial charge >= 0.3 is 0 Å². The Hall–Kier alpha value is -0.900. The quantitative estimate of drug-likeness (QED) is 0.349. The number of nitrogens with one attached hydrogen (secondary N) is 2. The molecular weight excluding hydrogens is 108 g/mol. The number of methoxy groups -OCH3 is 1. The standard InChI is InChI=1S/C4H10N2O2/c1-5-4(8-2)3-6-7/h3,5-7H,1-2H3/b4-3+. The van der Waals surface area contributed by atoms with E-state index in [1.165, 1.54) is 13.3 Å². The molecule has 0 saturated carbocycles. The molecule has 0 bridgehead atoms. The van der Waals surface area contributed by atoms with Crippen molar-refractivity contribution in [3.63, 3.8) is 0 Å². The van der Waals surface area contributed by atoms with Crippen LogP contribution in [0.5, 0.6) is 0 Å². The molecule has 0 aromatic carbocycles. The lowest BCUT2D eigenvalue weighted by Gasteiger charge is -2.01. The molecule has 0 radical (unpaired) electrons. The maximum atomic E-state index is 8.05. The number of hydrogen-bond donors (Lipinski definition) is 3. The van der Waals surface area contributed by atoms with Crippen LogP contribution in [-0.2, 0) is 4.74 Å². The van der Waals surface area contributed by atoms with Crippen molar-refractivity contribution < 1.29 is 9.94 Å². The molecule has 4 heteroatoms. The first kappa shape index (κ1) is 7.10. The van der Waals surface area contributed by atoms with Gasteiger partial charge in [0.1, 0.15) is 0 Å². The van der Waals surface area contributed by atoms with E-state index in [1.807, 2.05) is 5.48 Å². The second kappa shape index (κ2) is 4.26. The molecule has 0 heterocycles. The first-order valence-corrected chi connectivity index (χ1v) is 2.16. The van der Waals surface area contributed by atoms with Crippen molar-refractivity contribution in [1.29, 1.82) is 0 Å². The van der Waals surface area contributed by atoms with Gasteiger partial charge < -0.3 is 10.1 Å². The molecule has 3 N–H and O–H groups in total. The van der Waals surface area contributed by atoms with E-state index in [1.54, 1.807) is 7.05 Å². The Balaban J connectivity index is 3.49. The van der Waals surface area contributed by atoms with Crippen molar-refractivity contribution >= 4 is 0 Å². The highest BCUT2D eigenvalue weighted by Gasteiger charge is 1.83. The van der Waals surface area contributed by atoms with Crippen LogP contribution in [-0.4, -0.2) is 19.4 Å². The molecule has 0 aromatic rings. The lowest BCUT2D eigenvalue weighted by molar-refractivity contribution is 0.196. The van der Waals surface area contributed by atoms with Gasteiger partial charge in [-0.2, -0.15) is 0 Å². The average Bonchev–Trinajstić information content (AvgIpc) is 1.83. The summed E-state index contributed by atoms with van der Waals surface area (Å²) in [6.45, 7) is 0. The van der Waals surface area contributed by atoms with E-state index in [0.717, 1.165) is 0 Å². The number of ether oxygens (including phenoxy) is 1. The summed E-state index contributed by atoms with van der Waals surface area (Å²) < 4.78 is 4.67. The molecule has 0 aromatic heterocycles. The fourth-order valence-electron chi connectivity index (χ4n) is 0.292. The highest BCUT2D eigenvalue weighted by Crippen LogP contribution is 1.81. The summed E-state index contributed by atoms with van der Waals surface area (Å²) in [5, 5.41) is 10.7. The molecule has 0 amide bonds. The van der Waals surface area contributed by atoms with Gasteiger partial charge in [-0.3, -0.25) is 10.7 Å². The SMILES string of the molecule is CN/C(=C\NO)OC. The second-order valence-corrected chi connectivity index (χ2v) is 1.09. The van der Waals surface area contributed by atoms with Gasteiger partial charge in [-0.25, -0.2) is 0 Å². The van der Waals surface area contributed by atoms with Crippen molar-refractivity contribution in [2.75, 3.05) is 14.2 Å². The van der Waals surface area contributed by atoms with Crippen molar-refractivity contribution in [3.05, 3.63) is 12.1 Å². The van der Waals surface area contributed by atoms with Gasteiger partial charge in [-0.1, -0.05) is 0 Å². The zero-order valence-electron chi connectivity index (χ0n) is 4.93. The largest absolute Gasteiger partial charge is 0.481 e. The summed E-state index contributed by atoms with van der Waals surface area (Å²) in [7, 11) is 3.19. The lowest BCUT2D eigenvalue weighted by Crippen LogP contribution is -2.11. The Morgan fingerprint density at radius 2 is 2.38 bits per heavy atom. The van der Waals surface area contributed by atoms with Gasteiger partial charge in [0.2, 0.25) is 5.88 Å². The minimum absolute atomic E-state index is 0.479. The smallest absolute Gasteiger partial charge is 0.204 e. The second-order valence-electron chi connectivity index (χ2n) is 1.09. The fourth-order valence-corrected chi connectivity index (χ4v) is 0.292. The summed E-state index contributed by atoms with van der Waals surface area (Å²) in [6.07, 6.45) is 1.29. The first-order valence-electron chi connectivity index (χ1n) is 2.16. The van der Waals surface area contributed by atoms with E-state index < -0.39 is 0 Å². The van der Waals surface area contributed by atoms with Gasteiger partial charge in [-0.05, 0) is 0 Å². The minimum Gasteiger partial charge on any atom is -0.481 e. The first-order chi connectivity index (χ1) is 3.85. The summed E-state index contributed by atoms with van der Waals surface area (Å²) in [5.41, 5.74) is 1.82. The molecule has 0 rings (SSSR count). The third kappa shape index (κ3) is 2.30. The van der Waals surface area contributed by atoms with Crippen molar-refractivity contribution in [3.8, 4) is 0 Å². The Bertz CT molecular complexity index is 76.1. The Morgan fingerprint density at radius 3 is 2.50 bits per heavy atom. The summed E-state index contributed by atoms with van der Waals surface area (Å²) in [4.78, 5) is 0. The molecule has 0 spiro atoms. The van der Waals surface area contributed by atoms with E-state index in [4.69, 9.17) is 5.21 Å². The molecule has 0 atom stereocenters. The molecule has 0 unspecified atom stereocenters. The van der Waals surface area contributed by atoms with E-state index in [9.17, 15) is 0 Å². The van der Waals surface area contributed by atoms with Crippen LogP contribution in [0.15, 0.2) is 12.1 Å². The molecule has 4 nitrogen and oxygen atoms in total. The van der Waals surface area contributed by atoms with Gasteiger partial charge in [-0.15, -0.1) is 0 Å². The zero-order valence-corrected chi connectivity index (χ0v) is 4.93. The predicted octanol–water partition coefficient (Wildman–Crippen LogP) is -0.370. The maximum Gasteiger partial charge on any atom is 0.204 e. The Morgan fingerprint density at radius 1 is 1.75 bits per heavy atom. The van der Waals surface area contributed by atoms with Crippen LogP contribution < -0.4 is 10.8 Å². The van der Waals surface area contributed by atoms with Gasteiger partial charge in [0, 0.05) is 7.05 Å². The number of hydrogen-bond acceptors (Lipinski definition) is 4. The molecule has 0 aliphatic rings. The minimum atomic E-state index is 0.479. The monoisotopic (exact) mass is 118 g/mol. The third-order valence-corrected chi connectivity index (χ3v) is 0.662. The molecular formula is C4H10N2O2. The topological polar surface area (TPSA) is 53.5 Å². The van der Waals surface area contributed by atoms with E-state index in [2.05, 4.69) is 10.1 Å². The highest BCUT2D eigenvalue weighted by atomic mass is 16.5. The van der Waals surface area contributed by atoms with Crippen molar-refractivity contribution in [2.45, 2.75) is 0 Å². The molecule has 0 aliphatic heterocycles. The maximum absolute atomic E-state index is 8.05. The van der Waals surface area contributed by atoms with Crippen LogP contribution >= 0.6 is 0 Å². The van der Waals surface area contributed by atoms with Gasteiger partial charge in [0.15, 0.2) is 0 Å². The highest BCUT2D eigenvalue weighted by molar-refractivity contribution is 4.83. The molecule has 0 saturated heterocycles. The van der Waals surface area contributed by atoms with E-state index in [0.29, 0.717) is 5.88 Å². The molecule has 48 valence electrons. The average molecular weight is 118 g/mol. The molecule has 0 aliphatic carbocycles. The van der Waals surface area contributed by atoms with Crippen LogP contribution in [0.2, 0.25) is 0 Å². The fraction of sp³-hybridized carbons (Fsp3) is 0.500. The Kier molecular flexibility index (Phi) is 3.78. The van der Waals surface area contributed by atoms with Crippen LogP contribution in [0.1, 0.15) is 0 Å². The van der Waals surface area contributed by atoms with Crippen molar-refractivity contribution in [2.24, 2.45) is 0 Å². The van der Waals surface area contributed by atoms with E-state index in [-0.39, 0.29) is 0 Å². The number of hydroxylamine groups is 1. The lowest BCUT2D eigenvalue weighted by atomic mass is 10.8. The van der Waals surface area contributed by atoms with Gasteiger partial charge in [0.25, 0.3) is 0 Å². The summed E-state index contributed by atoms with van der Waals surface area (Å²) in [6, 6.07) is 0. The normalized spacial score (nSPS) is 10.6. The van der Waals surface area contributed by atoms with Crippen LogP contribution in [0.25, 0.3) is 0 Å². The summed E-state index contributed by atoms with van der Waals surface area (Å²) in [5.74, 6) is 0.479. The van der Waals surface area contributed by atoms with Crippen LogP contribution in [0.3, 0.4) is 0 Å². The van der Waals surface area contributed by atoms with Crippen molar-refractivity contribution in [1.82, 2.24) is 10.8 Å². The van der Waals surface area contributed by atoms with Gasteiger partial charge in [0.05, 0.1) is 13.3 Å². The Labute approximate surface area is 48.1 Å². The number of rotatable bonds is 3. The van der Waals surface area contributed by atoms with Crippen LogP contribution in [0, 0.1) is 0 Å². The summed E-state index contributed by atoms with van der Waals surface area (Å²) >= 11 is 0. The third-order valence-electron chi connectivity index (χ3n) is 0.662. The van der Waals surface area contributed by atoms with E-state index >= 15 is 0 Å². The molecule has 8 heavy (non-hydrogen) atoms.